The Kier molecular flexibility index (Phi) is 7.77. The number of methoxy groups -OCH3 is 2. The SMILES string of the molecule is COc1ccc(NC(=O)CN(c2ccc(C(=O)N3CCOCC3)cc2)S(C)(=O)=O)c(OC)c1. The first-order chi connectivity index (χ1) is 15.7. The second-order valence-electron chi connectivity index (χ2n) is 7.34. The molecule has 1 N–H and O–H groups in total. The summed E-state index contributed by atoms with van der Waals surface area (Å²) >= 11 is 0. The van der Waals surface area contributed by atoms with E-state index in [9.17, 15) is 18.0 Å². The molecular formula is C22H27N3O7S. The molecule has 0 aliphatic carbocycles. The van der Waals surface area contributed by atoms with E-state index in [4.69, 9.17) is 14.2 Å². The molecule has 0 bridgehead atoms. The standard InChI is InChI=1S/C22H27N3O7S/c1-30-18-8-9-19(20(14-18)31-2)23-21(26)15-25(33(3,28)29)17-6-4-16(5-7-17)22(27)24-10-12-32-13-11-24/h4-9,14H,10-13,15H2,1-3H3,(H,23,26). The molecule has 10 nitrogen and oxygen atoms in total. The summed E-state index contributed by atoms with van der Waals surface area (Å²) in [5, 5.41) is 2.66. The lowest BCUT2D eigenvalue weighted by atomic mass is 10.1. The van der Waals surface area contributed by atoms with Crippen LogP contribution in [-0.2, 0) is 19.6 Å². The van der Waals surface area contributed by atoms with E-state index in [1.165, 1.54) is 26.4 Å². The van der Waals surface area contributed by atoms with Gasteiger partial charge in [0.25, 0.3) is 5.91 Å². The van der Waals surface area contributed by atoms with Crippen molar-refractivity contribution >= 4 is 33.2 Å². The third-order valence-electron chi connectivity index (χ3n) is 5.07. The first-order valence-electron chi connectivity index (χ1n) is 10.2. The molecule has 1 heterocycles. The van der Waals surface area contributed by atoms with E-state index >= 15 is 0 Å². The molecule has 178 valence electrons. The highest BCUT2D eigenvalue weighted by Crippen LogP contribution is 2.29. The minimum Gasteiger partial charge on any atom is -0.497 e. The molecule has 0 radical (unpaired) electrons. The van der Waals surface area contributed by atoms with Crippen molar-refractivity contribution in [2.75, 3.05) is 62.9 Å². The zero-order valence-electron chi connectivity index (χ0n) is 18.7. The van der Waals surface area contributed by atoms with Crippen molar-refractivity contribution in [2.45, 2.75) is 0 Å². The van der Waals surface area contributed by atoms with Gasteiger partial charge in [0.2, 0.25) is 15.9 Å². The van der Waals surface area contributed by atoms with E-state index in [0.29, 0.717) is 49.1 Å². The normalized spacial score (nSPS) is 13.8. The number of amides is 2. The maximum atomic E-state index is 12.7. The molecule has 0 atom stereocenters. The van der Waals surface area contributed by atoms with Crippen molar-refractivity contribution in [3.05, 3.63) is 48.0 Å². The topological polar surface area (TPSA) is 114 Å². The lowest BCUT2D eigenvalue weighted by Crippen LogP contribution is -2.40. The monoisotopic (exact) mass is 477 g/mol. The number of benzene rings is 2. The summed E-state index contributed by atoms with van der Waals surface area (Å²) in [7, 11) is -0.814. The van der Waals surface area contributed by atoms with Crippen molar-refractivity contribution in [3.8, 4) is 11.5 Å². The maximum Gasteiger partial charge on any atom is 0.254 e. The van der Waals surface area contributed by atoms with Gasteiger partial charge in [-0.25, -0.2) is 8.42 Å². The molecule has 0 saturated carbocycles. The Morgan fingerprint density at radius 1 is 1.06 bits per heavy atom. The minimum absolute atomic E-state index is 0.153. The summed E-state index contributed by atoms with van der Waals surface area (Å²) in [4.78, 5) is 27.0. The van der Waals surface area contributed by atoms with Crippen molar-refractivity contribution in [1.29, 1.82) is 0 Å². The van der Waals surface area contributed by atoms with Crippen LogP contribution < -0.4 is 19.1 Å². The predicted octanol–water partition coefficient (Wildman–Crippen LogP) is 1.58. The summed E-state index contributed by atoms with van der Waals surface area (Å²) in [6.07, 6.45) is 1.01. The lowest BCUT2D eigenvalue weighted by Gasteiger charge is -2.27. The highest BCUT2D eigenvalue weighted by atomic mass is 32.2. The van der Waals surface area contributed by atoms with Gasteiger partial charge in [0.05, 0.1) is 45.1 Å². The average Bonchev–Trinajstić information content (AvgIpc) is 2.82. The van der Waals surface area contributed by atoms with Gasteiger partial charge < -0.3 is 24.4 Å². The number of nitrogens with zero attached hydrogens (tertiary/aromatic N) is 2. The Labute approximate surface area is 193 Å². The Morgan fingerprint density at radius 3 is 2.30 bits per heavy atom. The average molecular weight is 478 g/mol. The van der Waals surface area contributed by atoms with E-state index < -0.39 is 22.5 Å². The first-order valence-corrected chi connectivity index (χ1v) is 12.0. The van der Waals surface area contributed by atoms with Crippen molar-refractivity contribution in [1.82, 2.24) is 4.90 Å². The fourth-order valence-electron chi connectivity index (χ4n) is 3.34. The van der Waals surface area contributed by atoms with Gasteiger partial charge in [-0.15, -0.1) is 0 Å². The number of carbonyl (C=O) groups excluding carboxylic acids is 2. The molecule has 2 amide bonds. The number of sulfonamides is 1. The van der Waals surface area contributed by atoms with Crippen LogP contribution in [0.4, 0.5) is 11.4 Å². The molecule has 1 aliphatic heterocycles. The second-order valence-corrected chi connectivity index (χ2v) is 9.24. The van der Waals surface area contributed by atoms with E-state index in [1.54, 1.807) is 35.2 Å². The van der Waals surface area contributed by atoms with Crippen molar-refractivity contribution in [2.24, 2.45) is 0 Å². The molecular weight excluding hydrogens is 450 g/mol. The van der Waals surface area contributed by atoms with Crippen LogP contribution in [0.1, 0.15) is 10.4 Å². The second kappa shape index (κ2) is 10.5. The summed E-state index contributed by atoms with van der Waals surface area (Å²) in [5.74, 6) is 0.214. The number of nitrogens with one attached hydrogen (secondary N) is 1. The molecule has 0 spiro atoms. The third-order valence-corrected chi connectivity index (χ3v) is 6.21. The van der Waals surface area contributed by atoms with Gasteiger partial charge in [0.15, 0.2) is 0 Å². The molecule has 2 aromatic rings. The van der Waals surface area contributed by atoms with Gasteiger partial charge in [-0.05, 0) is 36.4 Å². The number of carbonyl (C=O) groups is 2. The lowest BCUT2D eigenvalue weighted by molar-refractivity contribution is -0.114. The highest BCUT2D eigenvalue weighted by molar-refractivity contribution is 7.92. The molecule has 1 aliphatic rings. The van der Waals surface area contributed by atoms with Crippen LogP contribution in [0, 0.1) is 0 Å². The van der Waals surface area contributed by atoms with Crippen LogP contribution in [0.2, 0.25) is 0 Å². The summed E-state index contributed by atoms with van der Waals surface area (Å²) in [6, 6.07) is 11.0. The number of hydrogen-bond acceptors (Lipinski definition) is 7. The molecule has 2 aromatic carbocycles. The largest absolute Gasteiger partial charge is 0.497 e. The third kappa shape index (κ3) is 6.14. The number of hydrogen-bond donors (Lipinski definition) is 1. The van der Waals surface area contributed by atoms with Crippen LogP contribution in [0.25, 0.3) is 0 Å². The Bertz CT molecular complexity index is 1100. The molecule has 1 saturated heterocycles. The Morgan fingerprint density at radius 2 is 1.73 bits per heavy atom. The zero-order valence-corrected chi connectivity index (χ0v) is 19.6. The predicted molar refractivity (Wildman–Crippen MR) is 124 cm³/mol. The summed E-state index contributed by atoms with van der Waals surface area (Å²) in [5.41, 5.74) is 1.08. The van der Waals surface area contributed by atoms with Gasteiger partial charge in [0, 0.05) is 24.7 Å². The molecule has 11 heteroatoms. The van der Waals surface area contributed by atoms with Gasteiger partial charge in [-0.2, -0.15) is 0 Å². The van der Waals surface area contributed by atoms with E-state index in [1.807, 2.05) is 0 Å². The molecule has 0 unspecified atom stereocenters. The van der Waals surface area contributed by atoms with Crippen LogP contribution in [-0.4, -0.2) is 78.5 Å². The number of anilines is 2. The number of rotatable bonds is 8. The Balaban J connectivity index is 1.75. The van der Waals surface area contributed by atoms with Crippen LogP contribution >= 0.6 is 0 Å². The van der Waals surface area contributed by atoms with Crippen molar-refractivity contribution < 1.29 is 32.2 Å². The summed E-state index contributed by atoms with van der Waals surface area (Å²) < 4.78 is 41.4. The first kappa shape index (κ1) is 24.3. The van der Waals surface area contributed by atoms with Crippen LogP contribution in [0.15, 0.2) is 42.5 Å². The minimum atomic E-state index is -3.78. The summed E-state index contributed by atoms with van der Waals surface area (Å²) in [6.45, 7) is 1.53. The maximum absolute atomic E-state index is 12.7. The van der Waals surface area contributed by atoms with Gasteiger partial charge in [0.1, 0.15) is 18.0 Å². The molecule has 0 aromatic heterocycles. The number of ether oxygens (including phenoxy) is 3. The quantitative estimate of drug-likeness (QED) is 0.614. The van der Waals surface area contributed by atoms with Gasteiger partial charge in [-0.1, -0.05) is 0 Å². The molecule has 33 heavy (non-hydrogen) atoms. The zero-order chi connectivity index (χ0) is 24.0. The van der Waals surface area contributed by atoms with Crippen LogP contribution in [0.5, 0.6) is 11.5 Å². The van der Waals surface area contributed by atoms with E-state index in [0.717, 1.165) is 10.6 Å². The smallest absolute Gasteiger partial charge is 0.254 e. The Hall–Kier alpha value is -3.31. The van der Waals surface area contributed by atoms with Gasteiger partial charge >= 0.3 is 0 Å². The van der Waals surface area contributed by atoms with Gasteiger partial charge in [-0.3, -0.25) is 13.9 Å². The molecule has 3 rings (SSSR count). The van der Waals surface area contributed by atoms with E-state index in [2.05, 4.69) is 5.32 Å². The molecule has 1 fully saturated rings. The fraction of sp³-hybridized carbons (Fsp3) is 0.364. The number of morpholine rings is 1. The highest BCUT2D eigenvalue weighted by Gasteiger charge is 2.23. The van der Waals surface area contributed by atoms with E-state index in [-0.39, 0.29) is 11.6 Å². The van der Waals surface area contributed by atoms with Crippen LogP contribution in [0.3, 0.4) is 0 Å². The van der Waals surface area contributed by atoms with Crippen molar-refractivity contribution in [3.63, 3.8) is 0 Å². The fourth-order valence-corrected chi connectivity index (χ4v) is 4.20.